The zero-order chi connectivity index (χ0) is 20.8. The fourth-order valence-corrected chi connectivity index (χ4v) is 2.96. The van der Waals surface area contributed by atoms with Gasteiger partial charge in [-0.15, -0.1) is 0 Å². The quantitative estimate of drug-likeness (QED) is 0.361. The molecule has 1 aromatic heterocycles. The second kappa shape index (κ2) is 8.93. The second-order valence-electron chi connectivity index (χ2n) is 6.38. The van der Waals surface area contributed by atoms with E-state index in [1.54, 1.807) is 25.1 Å². The van der Waals surface area contributed by atoms with Gasteiger partial charge in [-0.25, -0.2) is 4.79 Å². The number of esters is 1. The minimum atomic E-state index is -0.931. The number of rotatable bonds is 7. The van der Waals surface area contributed by atoms with E-state index in [2.05, 4.69) is 9.30 Å². The SMILES string of the molecule is CCOC(=O)/C(O)=C/C(=O)/C=C/c1cn(Cc2ccc(O)cc2)c2ccccc12. The van der Waals surface area contributed by atoms with Crippen LogP contribution in [0.1, 0.15) is 18.1 Å². The van der Waals surface area contributed by atoms with Gasteiger partial charge in [-0.05, 0) is 42.8 Å². The molecule has 0 aliphatic rings. The van der Waals surface area contributed by atoms with E-state index in [1.807, 2.05) is 42.6 Å². The van der Waals surface area contributed by atoms with Crippen molar-refractivity contribution in [1.82, 2.24) is 4.57 Å². The summed E-state index contributed by atoms with van der Waals surface area (Å²) in [5.41, 5.74) is 2.85. The largest absolute Gasteiger partial charge is 0.508 e. The molecule has 148 valence electrons. The van der Waals surface area contributed by atoms with Crippen LogP contribution < -0.4 is 0 Å². The van der Waals surface area contributed by atoms with E-state index in [-0.39, 0.29) is 12.4 Å². The Kier molecular flexibility index (Phi) is 6.14. The van der Waals surface area contributed by atoms with Crippen LogP contribution in [0.15, 0.2) is 72.6 Å². The first-order valence-electron chi connectivity index (χ1n) is 9.13. The number of allylic oxidation sites excluding steroid dienone is 2. The normalized spacial score (nSPS) is 11.8. The van der Waals surface area contributed by atoms with Gasteiger partial charge in [0.25, 0.3) is 0 Å². The van der Waals surface area contributed by atoms with E-state index in [0.29, 0.717) is 6.54 Å². The molecular formula is C23H21NO5. The van der Waals surface area contributed by atoms with E-state index in [0.717, 1.165) is 28.1 Å². The van der Waals surface area contributed by atoms with Crippen molar-refractivity contribution in [3.63, 3.8) is 0 Å². The Labute approximate surface area is 168 Å². The molecular weight excluding hydrogens is 370 g/mol. The van der Waals surface area contributed by atoms with Crippen molar-refractivity contribution >= 4 is 28.7 Å². The van der Waals surface area contributed by atoms with Crippen molar-refractivity contribution in [3.8, 4) is 5.75 Å². The van der Waals surface area contributed by atoms with Gasteiger partial charge in [0.2, 0.25) is 5.76 Å². The van der Waals surface area contributed by atoms with Gasteiger partial charge in [0.15, 0.2) is 5.78 Å². The molecule has 6 nitrogen and oxygen atoms in total. The third-order valence-electron chi connectivity index (χ3n) is 4.30. The number of para-hydroxylation sites is 1. The van der Waals surface area contributed by atoms with Crippen LogP contribution in [0, 0.1) is 0 Å². The van der Waals surface area contributed by atoms with Gasteiger partial charge in [0.1, 0.15) is 5.75 Å². The Bertz CT molecular complexity index is 1090. The summed E-state index contributed by atoms with van der Waals surface area (Å²) in [5, 5.41) is 20.0. The molecule has 0 radical (unpaired) electrons. The summed E-state index contributed by atoms with van der Waals surface area (Å²) >= 11 is 0. The highest BCUT2D eigenvalue weighted by Gasteiger charge is 2.10. The van der Waals surface area contributed by atoms with Crippen LogP contribution in [0.5, 0.6) is 5.75 Å². The van der Waals surface area contributed by atoms with Crippen molar-refractivity contribution < 1.29 is 24.5 Å². The lowest BCUT2D eigenvalue weighted by atomic mass is 10.1. The molecule has 0 unspecified atom stereocenters. The van der Waals surface area contributed by atoms with Crippen molar-refractivity contribution in [2.24, 2.45) is 0 Å². The number of hydrogen-bond donors (Lipinski definition) is 2. The molecule has 0 aliphatic heterocycles. The van der Waals surface area contributed by atoms with Crippen LogP contribution in [0.3, 0.4) is 0 Å². The number of ether oxygens (including phenoxy) is 1. The summed E-state index contributed by atoms with van der Waals surface area (Å²) in [7, 11) is 0. The predicted molar refractivity (Wildman–Crippen MR) is 111 cm³/mol. The van der Waals surface area contributed by atoms with Gasteiger partial charge in [-0.2, -0.15) is 0 Å². The molecule has 3 aromatic rings. The Morgan fingerprint density at radius 1 is 1.10 bits per heavy atom. The average molecular weight is 391 g/mol. The number of aromatic nitrogens is 1. The first-order valence-corrected chi connectivity index (χ1v) is 9.13. The Morgan fingerprint density at radius 3 is 2.55 bits per heavy atom. The number of ketones is 1. The van der Waals surface area contributed by atoms with E-state index in [9.17, 15) is 19.8 Å². The molecule has 0 saturated carbocycles. The number of phenols is 1. The third-order valence-corrected chi connectivity index (χ3v) is 4.30. The smallest absolute Gasteiger partial charge is 0.373 e. The van der Waals surface area contributed by atoms with Crippen LogP contribution in [0.2, 0.25) is 0 Å². The molecule has 0 saturated heterocycles. The molecule has 2 N–H and O–H groups in total. The van der Waals surface area contributed by atoms with Gasteiger partial charge in [-0.3, -0.25) is 4.79 Å². The van der Waals surface area contributed by atoms with E-state index in [4.69, 9.17) is 0 Å². The van der Waals surface area contributed by atoms with Crippen molar-refractivity contribution in [2.75, 3.05) is 6.61 Å². The molecule has 0 bridgehead atoms. The molecule has 0 spiro atoms. The number of hydrogen-bond acceptors (Lipinski definition) is 5. The Hall–Kier alpha value is -3.80. The molecule has 6 heteroatoms. The number of phenolic OH excluding ortho intramolecular Hbond substituents is 1. The molecule has 2 aromatic carbocycles. The molecule has 0 fully saturated rings. The third kappa shape index (κ3) is 4.93. The zero-order valence-electron chi connectivity index (χ0n) is 15.9. The predicted octanol–water partition coefficient (Wildman–Crippen LogP) is 3.98. The van der Waals surface area contributed by atoms with Crippen molar-refractivity contribution in [1.29, 1.82) is 0 Å². The minimum Gasteiger partial charge on any atom is -0.508 e. The number of carbonyl (C=O) groups excluding carboxylic acids is 2. The fraction of sp³-hybridized carbons (Fsp3) is 0.130. The standard InChI is InChI=1S/C23H21NO5/c1-2-29-23(28)22(27)13-19(26)12-9-17-15-24(21-6-4-3-5-20(17)21)14-16-7-10-18(25)11-8-16/h3-13,15,25,27H,2,14H2,1H3/b12-9+,22-13-. The average Bonchev–Trinajstić information content (AvgIpc) is 3.06. The minimum absolute atomic E-state index is 0.112. The van der Waals surface area contributed by atoms with Crippen LogP contribution in [0.4, 0.5) is 0 Å². The number of nitrogens with zero attached hydrogens (tertiary/aromatic N) is 1. The summed E-state index contributed by atoms with van der Waals surface area (Å²) in [6, 6.07) is 14.8. The zero-order valence-corrected chi connectivity index (χ0v) is 15.9. The van der Waals surface area contributed by atoms with Gasteiger partial charge in [-0.1, -0.05) is 30.3 Å². The summed E-state index contributed by atoms with van der Waals surface area (Å²) in [6.45, 7) is 2.33. The van der Waals surface area contributed by atoms with E-state index < -0.39 is 17.5 Å². The van der Waals surface area contributed by atoms with Crippen LogP contribution in [-0.4, -0.2) is 33.1 Å². The highest BCUT2D eigenvalue weighted by atomic mass is 16.5. The molecule has 3 rings (SSSR count). The van der Waals surface area contributed by atoms with Crippen LogP contribution in [-0.2, 0) is 20.9 Å². The summed E-state index contributed by atoms with van der Waals surface area (Å²) in [4.78, 5) is 23.4. The number of aliphatic hydroxyl groups is 1. The Balaban J connectivity index is 1.85. The first-order chi connectivity index (χ1) is 14.0. The van der Waals surface area contributed by atoms with Crippen molar-refractivity contribution in [2.45, 2.75) is 13.5 Å². The molecule has 0 amide bonds. The summed E-state index contributed by atoms with van der Waals surface area (Å²) < 4.78 is 6.69. The molecule has 1 heterocycles. The lowest BCUT2D eigenvalue weighted by Gasteiger charge is -2.05. The maximum Gasteiger partial charge on any atom is 0.373 e. The highest BCUT2D eigenvalue weighted by Crippen LogP contribution is 2.24. The lowest BCUT2D eigenvalue weighted by molar-refractivity contribution is -0.141. The number of carbonyl (C=O) groups is 2. The molecule has 29 heavy (non-hydrogen) atoms. The van der Waals surface area contributed by atoms with Gasteiger partial charge < -0.3 is 19.5 Å². The summed E-state index contributed by atoms with van der Waals surface area (Å²) in [6.07, 6.45) is 5.70. The number of fused-ring (bicyclic) bond motifs is 1. The second-order valence-corrected chi connectivity index (χ2v) is 6.38. The monoisotopic (exact) mass is 391 g/mol. The Morgan fingerprint density at radius 2 is 1.83 bits per heavy atom. The first kappa shape index (κ1) is 19.9. The van der Waals surface area contributed by atoms with E-state index >= 15 is 0 Å². The van der Waals surface area contributed by atoms with Crippen LogP contribution >= 0.6 is 0 Å². The summed E-state index contributed by atoms with van der Waals surface area (Å²) in [5.74, 6) is -1.96. The van der Waals surface area contributed by atoms with Gasteiger partial charge in [0.05, 0.1) is 6.61 Å². The van der Waals surface area contributed by atoms with Gasteiger partial charge >= 0.3 is 5.97 Å². The maximum absolute atomic E-state index is 12.0. The highest BCUT2D eigenvalue weighted by molar-refractivity contribution is 6.06. The van der Waals surface area contributed by atoms with E-state index in [1.165, 1.54) is 6.08 Å². The fourth-order valence-electron chi connectivity index (χ4n) is 2.96. The maximum atomic E-state index is 12.0. The van der Waals surface area contributed by atoms with Gasteiger partial charge in [0, 0.05) is 35.3 Å². The molecule has 0 atom stereocenters. The van der Waals surface area contributed by atoms with Crippen molar-refractivity contribution in [3.05, 3.63) is 83.8 Å². The number of aromatic hydroxyl groups is 1. The topological polar surface area (TPSA) is 88.8 Å². The number of aliphatic hydroxyl groups excluding tert-OH is 1. The number of benzene rings is 2. The lowest BCUT2D eigenvalue weighted by Crippen LogP contribution is -2.08. The van der Waals surface area contributed by atoms with Crippen LogP contribution in [0.25, 0.3) is 17.0 Å². The molecule has 0 aliphatic carbocycles.